The van der Waals surface area contributed by atoms with E-state index in [2.05, 4.69) is 43.1 Å². The van der Waals surface area contributed by atoms with Gasteiger partial charge in [0.25, 0.3) is 0 Å². The molecule has 1 atom stereocenters. The van der Waals surface area contributed by atoms with Crippen LogP contribution in [0.25, 0.3) is 0 Å². The highest BCUT2D eigenvalue weighted by molar-refractivity contribution is 5.26. The molecule has 0 amide bonds. The van der Waals surface area contributed by atoms with Crippen molar-refractivity contribution in [3.05, 3.63) is 42.3 Å². The van der Waals surface area contributed by atoms with E-state index in [0.29, 0.717) is 6.04 Å². The number of hydrogen-bond acceptors (Lipinski definition) is 1. The zero-order chi connectivity index (χ0) is 9.26. The van der Waals surface area contributed by atoms with Gasteiger partial charge in [-0.25, -0.2) is 0 Å². The maximum Gasteiger partial charge on any atom is 0.0345 e. The van der Waals surface area contributed by atoms with Crippen LogP contribution in [0.5, 0.6) is 0 Å². The van der Waals surface area contributed by atoms with E-state index in [0.717, 1.165) is 5.56 Å². The molecule has 13 heavy (non-hydrogen) atoms. The zero-order valence-corrected chi connectivity index (χ0v) is 8.16. The second-order valence-corrected chi connectivity index (χ2v) is 3.88. The first-order chi connectivity index (χ1) is 6.27. The monoisotopic (exact) mass is 174 g/mol. The van der Waals surface area contributed by atoms with Crippen molar-refractivity contribution in [2.24, 2.45) is 0 Å². The second kappa shape index (κ2) is 3.51. The molecule has 2 rings (SSSR count). The smallest absolute Gasteiger partial charge is 0.0345 e. The fourth-order valence-electron chi connectivity index (χ4n) is 2.07. The van der Waals surface area contributed by atoms with Gasteiger partial charge in [-0.05, 0) is 44.5 Å². The van der Waals surface area contributed by atoms with Crippen molar-refractivity contribution in [3.63, 3.8) is 0 Å². The van der Waals surface area contributed by atoms with Gasteiger partial charge in [0.15, 0.2) is 0 Å². The van der Waals surface area contributed by atoms with Gasteiger partial charge < -0.3 is 0 Å². The van der Waals surface area contributed by atoms with Gasteiger partial charge in [0, 0.05) is 6.04 Å². The Bertz CT molecular complexity index is 276. The zero-order valence-electron chi connectivity index (χ0n) is 8.16. The Morgan fingerprint density at radius 1 is 1.31 bits per heavy atom. The molecule has 0 N–H and O–H groups in total. The number of benzene rings is 1. The summed E-state index contributed by atoms with van der Waals surface area (Å²) in [7, 11) is 2.20. The van der Waals surface area contributed by atoms with Gasteiger partial charge in [0.05, 0.1) is 0 Å². The predicted octanol–water partition coefficient (Wildman–Crippen LogP) is 2.64. The maximum absolute atomic E-state index is 3.89. The van der Waals surface area contributed by atoms with Crippen LogP contribution in [0.4, 0.5) is 0 Å². The molecule has 1 aromatic carbocycles. The molecule has 1 unspecified atom stereocenters. The van der Waals surface area contributed by atoms with Crippen molar-refractivity contribution >= 4 is 0 Å². The second-order valence-electron chi connectivity index (χ2n) is 3.88. The van der Waals surface area contributed by atoms with Crippen LogP contribution in [0.15, 0.2) is 24.3 Å². The lowest BCUT2D eigenvalue weighted by Crippen LogP contribution is -2.17. The van der Waals surface area contributed by atoms with E-state index in [1.165, 1.54) is 24.9 Å². The summed E-state index contributed by atoms with van der Waals surface area (Å²) in [6.45, 7) is 5.13. The van der Waals surface area contributed by atoms with Gasteiger partial charge in [-0.1, -0.05) is 24.3 Å². The highest BCUT2D eigenvalue weighted by atomic mass is 15.1. The molecule has 1 aliphatic heterocycles. The summed E-state index contributed by atoms with van der Waals surface area (Å²) in [4.78, 5) is 2.43. The first-order valence-corrected chi connectivity index (χ1v) is 4.89. The van der Waals surface area contributed by atoms with Crippen molar-refractivity contribution < 1.29 is 0 Å². The van der Waals surface area contributed by atoms with E-state index in [9.17, 15) is 0 Å². The Balaban J connectivity index is 2.20. The molecule has 0 aliphatic carbocycles. The topological polar surface area (TPSA) is 3.24 Å². The SMILES string of the molecule is [CH2]c1ccc(C2CCCN2C)cc1. The molecule has 1 fully saturated rings. The molecule has 0 spiro atoms. The third-order valence-corrected chi connectivity index (χ3v) is 2.88. The van der Waals surface area contributed by atoms with Crippen LogP contribution in [-0.2, 0) is 0 Å². The van der Waals surface area contributed by atoms with Crippen LogP contribution in [0, 0.1) is 6.92 Å². The van der Waals surface area contributed by atoms with Crippen LogP contribution in [0.1, 0.15) is 30.0 Å². The standard InChI is InChI=1S/C12H16N/c1-10-5-7-11(8-6-10)12-4-3-9-13(12)2/h5-8,12H,1,3-4,9H2,2H3. The van der Waals surface area contributed by atoms with Gasteiger partial charge in [-0.3, -0.25) is 4.90 Å². The van der Waals surface area contributed by atoms with Gasteiger partial charge in [-0.2, -0.15) is 0 Å². The number of hydrogen-bond donors (Lipinski definition) is 0. The first-order valence-electron chi connectivity index (χ1n) is 4.89. The largest absolute Gasteiger partial charge is 0.299 e. The fourth-order valence-corrected chi connectivity index (χ4v) is 2.07. The molecular weight excluding hydrogens is 158 g/mol. The Kier molecular flexibility index (Phi) is 2.36. The minimum Gasteiger partial charge on any atom is -0.299 e. The molecule has 1 aromatic rings. The summed E-state index contributed by atoms with van der Waals surface area (Å²) in [5, 5.41) is 0. The normalized spacial score (nSPS) is 23.7. The summed E-state index contributed by atoms with van der Waals surface area (Å²) in [6, 6.07) is 9.24. The first kappa shape index (κ1) is 8.76. The van der Waals surface area contributed by atoms with Crippen LogP contribution < -0.4 is 0 Å². The molecular formula is C12H16N. The fraction of sp³-hybridized carbons (Fsp3) is 0.417. The number of rotatable bonds is 1. The van der Waals surface area contributed by atoms with Crippen LogP contribution in [0.3, 0.4) is 0 Å². The lowest BCUT2D eigenvalue weighted by Gasteiger charge is -2.19. The molecule has 0 aromatic heterocycles. The Labute approximate surface area is 80.4 Å². The molecule has 1 heterocycles. The van der Waals surface area contributed by atoms with E-state index in [1.54, 1.807) is 0 Å². The molecule has 1 radical (unpaired) electrons. The summed E-state index contributed by atoms with van der Waals surface area (Å²) in [5.41, 5.74) is 2.54. The Morgan fingerprint density at radius 2 is 2.00 bits per heavy atom. The van der Waals surface area contributed by atoms with E-state index in [-0.39, 0.29) is 0 Å². The molecule has 0 bridgehead atoms. The third-order valence-electron chi connectivity index (χ3n) is 2.88. The van der Waals surface area contributed by atoms with Gasteiger partial charge in [0.1, 0.15) is 0 Å². The molecule has 69 valence electrons. The number of likely N-dealkylation sites (tertiary alicyclic amines) is 1. The number of nitrogens with zero attached hydrogens (tertiary/aromatic N) is 1. The summed E-state index contributed by atoms with van der Waals surface area (Å²) in [6.07, 6.45) is 2.63. The lowest BCUT2D eigenvalue weighted by atomic mass is 10.0. The molecule has 1 saturated heterocycles. The maximum atomic E-state index is 3.89. The quantitative estimate of drug-likeness (QED) is 0.632. The summed E-state index contributed by atoms with van der Waals surface area (Å²) in [5.74, 6) is 0. The van der Waals surface area contributed by atoms with Crippen molar-refractivity contribution in [3.8, 4) is 0 Å². The van der Waals surface area contributed by atoms with Crippen molar-refractivity contribution in [1.29, 1.82) is 0 Å². The Morgan fingerprint density at radius 3 is 2.54 bits per heavy atom. The minimum absolute atomic E-state index is 0.639. The van der Waals surface area contributed by atoms with E-state index >= 15 is 0 Å². The van der Waals surface area contributed by atoms with Gasteiger partial charge >= 0.3 is 0 Å². The summed E-state index contributed by atoms with van der Waals surface area (Å²) >= 11 is 0. The molecule has 1 heteroatoms. The van der Waals surface area contributed by atoms with Crippen LogP contribution >= 0.6 is 0 Å². The van der Waals surface area contributed by atoms with Crippen LogP contribution in [-0.4, -0.2) is 18.5 Å². The van der Waals surface area contributed by atoms with Gasteiger partial charge in [-0.15, -0.1) is 0 Å². The third kappa shape index (κ3) is 1.75. The highest BCUT2D eigenvalue weighted by Gasteiger charge is 2.21. The summed E-state index contributed by atoms with van der Waals surface area (Å²) < 4.78 is 0. The van der Waals surface area contributed by atoms with Gasteiger partial charge in [0.2, 0.25) is 0 Å². The van der Waals surface area contributed by atoms with Crippen molar-refractivity contribution in [1.82, 2.24) is 4.90 Å². The molecule has 0 saturated carbocycles. The van der Waals surface area contributed by atoms with Crippen LogP contribution in [0.2, 0.25) is 0 Å². The average Bonchev–Trinajstić information content (AvgIpc) is 2.53. The van der Waals surface area contributed by atoms with E-state index in [1.807, 2.05) is 0 Å². The van der Waals surface area contributed by atoms with E-state index in [4.69, 9.17) is 0 Å². The lowest BCUT2D eigenvalue weighted by molar-refractivity contribution is 0.317. The highest BCUT2D eigenvalue weighted by Crippen LogP contribution is 2.29. The van der Waals surface area contributed by atoms with E-state index < -0.39 is 0 Å². The molecule has 1 aliphatic rings. The predicted molar refractivity (Wildman–Crippen MR) is 55.5 cm³/mol. The van der Waals surface area contributed by atoms with Crippen molar-refractivity contribution in [2.45, 2.75) is 18.9 Å². The molecule has 1 nitrogen and oxygen atoms in total. The van der Waals surface area contributed by atoms with Crippen molar-refractivity contribution in [2.75, 3.05) is 13.6 Å². The average molecular weight is 174 g/mol. The minimum atomic E-state index is 0.639. The Hall–Kier alpha value is -0.820.